The van der Waals surface area contributed by atoms with Gasteiger partial charge in [-0.1, -0.05) is 6.42 Å². The fourth-order valence-corrected chi connectivity index (χ4v) is 2.61. The van der Waals surface area contributed by atoms with Crippen molar-refractivity contribution in [3.05, 3.63) is 23.8 Å². The number of hydrogen-bond acceptors (Lipinski definition) is 4. The number of rotatable bonds is 4. The minimum absolute atomic E-state index is 0.164. The molecule has 2 atom stereocenters. The number of nitrogens with zero attached hydrogens (tertiary/aromatic N) is 2. The molecule has 2 N–H and O–H groups in total. The summed E-state index contributed by atoms with van der Waals surface area (Å²) in [7, 11) is 0. The molecular weight excluding hydrogens is 242 g/mol. The van der Waals surface area contributed by atoms with Crippen LogP contribution in [-0.4, -0.2) is 33.6 Å². The van der Waals surface area contributed by atoms with Gasteiger partial charge in [-0.05, 0) is 31.7 Å². The Labute approximate surface area is 112 Å². The molecule has 5 nitrogen and oxygen atoms in total. The molecule has 0 saturated heterocycles. The van der Waals surface area contributed by atoms with Gasteiger partial charge in [0, 0.05) is 24.6 Å². The van der Waals surface area contributed by atoms with Gasteiger partial charge in [-0.25, -0.2) is 9.97 Å². The minimum atomic E-state index is -0.271. The fourth-order valence-electron chi connectivity index (χ4n) is 2.61. The van der Waals surface area contributed by atoms with Gasteiger partial charge in [0.1, 0.15) is 11.5 Å². The molecule has 0 bridgehead atoms. The maximum atomic E-state index is 12.0. The summed E-state index contributed by atoms with van der Waals surface area (Å²) >= 11 is 0. The lowest BCUT2D eigenvalue weighted by molar-refractivity contribution is 0.0911. The summed E-state index contributed by atoms with van der Waals surface area (Å²) in [5.41, 5.74) is 0.435. The van der Waals surface area contributed by atoms with Gasteiger partial charge in [-0.2, -0.15) is 0 Å². The zero-order chi connectivity index (χ0) is 13.2. The zero-order valence-corrected chi connectivity index (χ0v) is 10.9. The standard InChI is InChI=1S/C14H19N3O2/c18-12-3-1-2-10(12)8-16-14(19)11-6-7-15-13(17-11)9-4-5-9/h6-7,9-10,12,18H,1-5,8H2,(H,16,19). The molecular formula is C14H19N3O2. The monoisotopic (exact) mass is 261 g/mol. The van der Waals surface area contributed by atoms with E-state index in [1.807, 2.05) is 0 Å². The van der Waals surface area contributed by atoms with E-state index < -0.39 is 0 Å². The third kappa shape index (κ3) is 2.92. The van der Waals surface area contributed by atoms with E-state index in [-0.39, 0.29) is 17.9 Å². The Kier molecular flexibility index (Phi) is 3.46. The van der Waals surface area contributed by atoms with E-state index in [9.17, 15) is 9.90 Å². The highest BCUT2D eigenvalue weighted by Crippen LogP contribution is 2.37. The van der Waals surface area contributed by atoms with Crippen molar-refractivity contribution in [2.24, 2.45) is 5.92 Å². The van der Waals surface area contributed by atoms with Crippen molar-refractivity contribution >= 4 is 5.91 Å². The third-order valence-corrected chi connectivity index (χ3v) is 3.99. The van der Waals surface area contributed by atoms with Crippen molar-refractivity contribution in [1.82, 2.24) is 15.3 Å². The Hall–Kier alpha value is -1.49. The molecule has 0 aliphatic heterocycles. The molecule has 1 amide bonds. The molecule has 0 spiro atoms. The van der Waals surface area contributed by atoms with Gasteiger partial charge < -0.3 is 10.4 Å². The molecule has 19 heavy (non-hydrogen) atoms. The van der Waals surface area contributed by atoms with Crippen molar-refractivity contribution in [2.75, 3.05) is 6.54 Å². The third-order valence-electron chi connectivity index (χ3n) is 3.99. The number of nitrogens with one attached hydrogen (secondary N) is 1. The predicted octanol–water partition coefficient (Wildman–Crippen LogP) is 1.24. The van der Waals surface area contributed by atoms with Crippen molar-refractivity contribution in [1.29, 1.82) is 0 Å². The van der Waals surface area contributed by atoms with Crippen LogP contribution in [0.15, 0.2) is 12.3 Å². The van der Waals surface area contributed by atoms with E-state index >= 15 is 0 Å². The van der Waals surface area contributed by atoms with Crippen molar-refractivity contribution in [3.63, 3.8) is 0 Å². The molecule has 2 aliphatic rings. The topological polar surface area (TPSA) is 75.1 Å². The maximum absolute atomic E-state index is 12.0. The lowest BCUT2D eigenvalue weighted by Gasteiger charge is -2.14. The lowest BCUT2D eigenvalue weighted by Crippen LogP contribution is -2.33. The van der Waals surface area contributed by atoms with Crippen LogP contribution in [0.2, 0.25) is 0 Å². The fraction of sp³-hybridized carbons (Fsp3) is 0.643. The second kappa shape index (κ2) is 5.25. The van der Waals surface area contributed by atoms with Gasteiger partial charge in [-0.3, -0.25) is 4.79 Å². The Morgan fingerprint density at radius 3 is 2.89 bits per heavy atom. The zero-order valence-electron chi connectivity index (χ0n) is 10.9. The molecule has 0 aromatic carbocycles. The van der Waals surface area contributed by atoms with Crippen LogP contribution >= 0.6 is 0 Å². The van der Waals surface area contributed by atoms with Gasteiger partial charge in [-0.15, -0.1) is 0 Å². The van der Waals surface area contributed by atoms with Crippen LogP contribution in [0.1, 0.15) is 54.3 Å². The lowest BCUT2D eigenvalue weighted by atomic mass is 10.1. The molecule has 102 valence electrons. The van der Waals surface area contributed by atoms with Gasteiger partial charge >= 0.3 is 0 Å². The van der Waals surface area contributed by atoms with Crippen LogP contribution in [0.5, 0.6) is 0 Å². The van der Waals surface area contributed by atoms with E-state index in [0.717, 1.165) is 37.9 Å². The quantitative estimate of drug-likeness (QED) is 0.855. The van der Waals surface area contributed by atoms with E-state index in [1.165, 1.54) is 0 Å². The highest BCUT2D eigenvalue weighted by Gasteiger charge is 2.28. The first kappa shape index (κ1) is 12.5. The average molecular weight is 261 g/mol. The minimum Gasteiger partial charge on any atom is -0.393 e. The van der Waals surface area contributed by atoms with Crippen molar-refractivity contribution in [2.45, 2.75) is 44.1 Å². The first-order valence-electron chi connectivity index (χ1n) is 7.03. The Morgan fingerprint density at radius 2 is 2.21 bits per heavy atom. The van der Waals surface area contributed by atoms with E-state index in [4.69, 9.17) is 0 Å². The van der Waals surface area contributed by atoms with Crippen LogP contribution < -0.4 is 5.32 Å². The number of carbonyl (C=O) groups is 1. The molecule has 2 fully saturated rings. The van der Waals surface area contributed by atoms with E-state index in [1.54, 1.807) is 12.3 Å². The number of amides is 1. The summed E-state index contributed by atoms with van der Waals surface area (Å²) in [6, 6.07) is 1.65. The molecule has 5 heteroatoms. The average Bonchev–Trinajstić information content (AvgIpc) is 3.20. The summed E-state index contributed by atoms with van der Waals surface area (Å²) in [5, 5.41) is 12.6. The summed E-state index contributed by atoms with van der Waals surface area (Å²) in [4.78, 5) is 20.5. The van der Waals surface area contributed by atoms with E-state index in [2.05, 4.69) is 15.3 Å². The predicted molar refractivity (Wildman–Crippen MR) is 69.7 cm³/mol. The number of aliphatic hydroxyl groups excluding tert-OH is 1. The first-order valence-corrected chi connectivity index (χ1v) is 7.03. The summed E-state index contributed by atoms with van der Waals surface area (Å²) < 4.78 is 0. The highest BCUT2D eigenvalue weighted by atomic mass is 16.3. The Balaban J connectivity index is 1.58. The Morgan fingerprint density at radius 1 is 1.37 bits per heavy atom. The van der Waals surface area contributed by atoms with Gasteiger partial charge in [0.05, 0.1) is 6.10 Å². The van der Waals surface area contributed by atoms with Gasteiger partial charge in [0.15, 0.2) is 0 Å². The second-order valence-electron chi connectivity index (χ2n) is 5.54. The molecule has 1 aromatic heterocycles. The molecule has 2 saturated carbocycles. The molecule has 2 aliphatic carbocycles. The summed E-state index contributed by atoms with van der Waals surface area (Å²) in [6.45, 7) is 0.531. The molecule has 1 heterocycles. The molecule has 3 rings (SSSR count). The van der Waals surface area contributed by atoms with Crippen LogP contribution in [0.25, 0.3) is 0 Å². The SMILES string of the molecule is O=C(NCC1CCCC1O)c1ccnc(C2CC2)n1. The Bertz CT molecular complexity index is 474. The van der Waals surface area contributed by atoms with Gasteiger partial charge in [0.2, 0.25) is 0 Å². The van der Waals surface area contributed by atoms with Crippen LogP contribution in [0, 0.1) is 5.92 Å². The number of aromatic nitrogens is 2. The molecule has 0 radical (unpaired) electrons. The normalized spacial score (nSPS) is 26.4. The molecule has 2 unspecified atom stereocenters. The van der Waals surface area contributed by atoms with Gasteiger partial charge in [0.25, 0.3) is 5.91 Å². The highest BCUT2D eigenvalue weighted by molar-refractivity contribution is 5.92. The molecule has 1 aromatic rings. The first-order chi connectivity index (χ1) is 9.24. The second-order valence-corrected chi connectivity index (χ2v) is 5.54. The largest absolute Gasteiger partial charge is 0.393 e. The van der Waals surface area contributed by atoms with Crippen LogP contribution in [0.4, 0.5) is 0 Å². The number of aliphatic hydroxyl groups is 1. The maximum Gasteiger partial charge on any atom is 0.270 e. The smallest absolute Gasteiger partial charge is 0.270 e. The summed E-state index contributed by atoms with van der Waals surface area (Å²) in [6.07, 6.45) is 6.51. The van der Waals surface area contributed by atoms with Crippen LogP contribution in [-0.2, 0) is 0 Å². The van der Waals surface area contributed by atoms with Crippen molar-refractivity contribution < 1.29 is 9.90 Å². The van der Waals surface area contributed by atoms with E-state index in [0.29, 0.717) is 18.2 Å². The summed E-state index contributed by atoms with van der Waals surface area (Å²) in [5.74, 6) is 1.26. The van der Waals surface area contributed by atoms with Crippen LogP contribution in [0.3, 0.4) is 0 Å². The number of hydrogen-bond donors (Lipinski definition) is 2. The number of carbonyl (C=O) groups excluding carboxylic acids is 1. The van der Waals surface area contributed by atoms with Crippen molar-refractivity contribution in [3.8, 4) is 0 Å².